The summed E-state index contributed by atoms with van der Waals surface area (Å²) in [6, 6.07) is 17.8. The van der Waals surface area contributed by atoms with Crippen LogP contribution in [0.2, 0.25) is 0 Å². The van der Waals surface area contributed by atoms with Crippen molar-refractivity contribution >= 4 is 29.9 Å². The second-order valence-corrected chi connectivity index (χ2v) is 6.36. The molecule has 0 aliphatic rings. The van der Waals surface area contributed by atoms with E-state index in [1.54, 1.807) is 21.3 Å². The maximum Gasteiger partial charge on any atom is 0.191 e. The lowest BCUT2D eigenvalue weighted by molar-refractivity contribution is 0.409. The van der Waals surface area contributed by atoms with E-state index >= 15 is 0 Å². The summed E-state index contributed by atoms with van der Waals surface area (Å²) in [6.45, 7) is 1.33. The van der Waals surface area contributed by atoms with Gasteiger partial charge in [0.2, 0.25) is 0 Å². The van der Waals surface area contributed by atoms with Crippen molar-refractivity contribution in [2.24, 2.45) is 4.99 Å². The predicted octanol–water partition coefficient (Wildman–Crippen LogP) is 3.42. The Morgan fingerprint density at radius 3 is 2.47 bits per heavy atom. The van der Waals surface area contributed by atoms with E-state index in [9.17, 15) is 0 Å². The first-order valence-corrected chi connectivity index (χ1v) is 9.49. The number of hydrogen-bond donors (Lipinski definition) is 2. The fraction of sp³-hybridized carbons (Fsp3) is 0.273. The number of aromatic nitrogens is 2. The van der Waals surface area contributed by atoms with Crippen LogP contribution < -0.4 is 20.1 Å². The molecule has 7 nitrogen and oxygen atoms in total. The maximum absolute atomic E-state index is 5.40. The summed E-state index contributed by atoms with van der Waals surface area (Å²) in [5.74, 6) is 2.46. The number of para-hydroxylation sites is 1. The Hall–Kier alpha value is -2.75. The average molecular weight is 521 g/mol. The van der Waals surface area contributed by atoms with Crippen LogP contribution in [-0.2, 0) is 13.0 Å². The lowest BCUT2D eigenvalue weighted by atomic mass is 10.1. The largest absolute Gasteiger partial charge is 0.497 e. The van der Waals surface area contributed by atoms with Crippen LogP contribution in [0.1, 0.15) is 11.3 Å². The van der Waals surface area contributed by atoms with Crippen molar-refractivity contribution in [2.75, 3.05) is 27.8 Å². The third-order valence-electron chi connectivity index (χ3n) is 4.52. The molecule has 0 spiro atoms. The van der Waals surface area contributed by atoms with E-state index in [4.69, 9.17) is 9.47 Å². The van der Waals surface area contributed by atoms with Gasteiger partial charge in [-0.3, -0.25) is 4.99 Å². The molecule has 1 heterocycles. The highest BCUT2D eigenvalue weighted by Crippen LogP contribution is 2.17. The number of methoxy groups -OCH3 is 2. The van der Waals surface area contributed by atoms with Gasteiger partial charge in [0.05, 0.1) is 32.1 Å². The first-order chi connectivity index (χ1) is 14.2. The molecule has 1 aromatic heterocycles. The molecule has 2 N–H and O–H groups in total. The maximum atomic E-state index is 5.40. The Balaban J connectivity index is 0.00000320. The Bertz CT molecular complexity index is 941. The summed E-state index contributed by atoms with van der Waals surface area (Å²) in [5, 5.41) is 11.2. The molecule has 160 valence electrons. The summed E-state index contributed by atoms with van der Waals surface area (Å²) >= 11 is 0. The number of nitrogens with zero attached hydrogens (tertiary/aromatic N) is 3. The van der Waals surface area contributed by atoms with Gasteiger partial charge in [0.15, 0.2) is 5.96 Å². The van der Waals surface area contributed by atoms with Gasteiger partial charge in [-0.15, -0.1) is 24.0 Å². The molecule has 0 atom stereocenters. The highest BCUT2D eigenvalue weighted by atomic mass is 127. The van der Waals surface area contributed by atoms with E-state index in [1.165, 1.54) is 0 Å². The number of nitrogens with one attached hydrogen (secondary N) is 2. The zero-order valence-corrected chi connectivity index (χ0v) is 19.8. The van der Waals surface area contributed by atoms with Crippen LogP contribution in [0.5, 0.6) is 11.5 Å². The smallest absolute Gasteiger partial charge is 0.191 e. The lowest BCUT2D eigenvalue weighted by Crippen LogP contribution is -2.38. The van der Waals surface area contributed by atoms with E-state index in [2.05, 4.69) is 26.8 Å². The van der Waals surface area contributed by atoms with E-state index in [0.717, 1.165) is 47.4 Å². The van der Waals surface area contributed by atoms with Gasteiger partial charge in [-0.05, 0) is 48.4 Å². The van der Waals surface area contributed by atoms with Gasteiger partial charge in [-0.2, -0.15) is 5.10 Å². The van der Waals surface area contributed by atoms with Crippen LogP contribution in [0.25, 0.3) is 5.69 Å². The van der Waals surface area contributed by atoms with Crippen molar-refractivity contribution in [3.63, 3.8) is 0 Å². The summed E-state index contributed by atoms with van der Waals surface area (Å²) < 4.78 is 12.4. The Morgan fingerprint density at radius 1 is 1.00 bits per heavy atom. The molecule has 8 heteroatoms. The molecule has 3 aromatic rings. The fourth-order valence-corrected chi connectivity index (χ4v) is 2.95. The first-order valence-electron chi connectivity index (χ1n) is 9.49. The Morgan fingerprint density at radius 2 is 1.77 bits per heavy atom. The number of aliphatic imine (C=N–C) groups is 1. The Labute approximate surface area is 194 Å². The molecule has 0 fully saturated rings. The summed E-state index contributed by atoms with van der Waals surface area (Å²) in [4.78, 5) is 4.28. The zero-order valence-electron chi connectivity index (χ0n) is 17.5. The number of hydrogen-bond acceptors (Lipinski definition) is 4. The second-order valence-electron chi connectivity index (χ2n) is 6.36. The van der Waals surface area contributed by atoms with Gasteiger partial charge in [0, 0.05) is 19.8 Å². The minimum atomic E-state index is 0. The van der Waals surface area contributed by atoms with Crippen molar-refractivity contribution in [3.05, 3.63) is 72.1 Å². The molecule has 30 heavy (non-hydrogen) atoms. The normalized spacial score (nSPS) is 10.8. The molecule has 0 amide bonds. The van der Waals surface area contributed by atoms with Crippen molar-refractivity contribution in [1.29, 1.82) is 0 Å². The lowest BCUT2D eigenvalue weighted by Gasteiger charge is -2.12. The quantitative estimate of drug-likeness (QED) is 0.270. The monoisotopic (exact) mass is 521 g/mol. The van der Waals surface area contributed by atoms with Crippen molar-refractivity contribution in [3.8, 4) is 17.2 Å². The van der Waals surface area contributed by atoms with E-state index in [0.29, 0.717) is 6.54 Å². The summed E-state index contributed by atoms with van der Waals surface area (Å²) in [5.41, 5.74) is 3.07. The first kappa shape index (κ1) is 23.5. The van der Waals surface area contributed by atoms with Crippen LogP contribution in [0, 0.1) is 0 Å². The molecule has 0 saturated carbocycles. The molecule has 0 unspecified atom stereocenters. The van der Waals surface area contributed by atoms with Crippen LogP contribution in [0.4, 0.5) is 0 Å². The highest BCUT2D eigenvalue weighted by molar-refractivity contribution is 14.0. The van der Waals surface area contributed by atoms with E-state index in [1.807, 2.05) is 59.4 Å². The SMILES string of the molecule is CN=C(NCCc1ccccc1OC)NCc1ccn(-c2ccc(OC)cc2)n1.I. The average Bonchev–Trinajstić information content (AvgIpc) is 3.25. The summed E-state index contributed by atoms with van der Waals surface area (Å²) in [7, 11) is 5.11. The Kier molecular flexibility index (Phi) is 9.46. The van der Waals surface area contributed by atoms with Crippen LogP contribution >= 0.6 is 24.0 Å². The third kappa shape index (κ3) is 6.38. The van der Waals surface area contributed by atoms with Crippen molar-refractivity contribution in [1.82, 2.24) is 20.4 Å². The fourth-order valence-electron chi connectivity index (χ4n) is 2.95. The molecule has 0 saturated heterocycles. The number of benzene rings is 2. The second kappa shape index (κ2) is 12.1. The molecule has 0 aliphatic heterocycles. The van der Waals surface area contributed by atoms with Crippen LogP contribution in [0.3, 0.4) is 0 Å². The van der Waals surface area contributed by atoms with Gasteiger partial charge in [0.25, 0.3) is 0 Å². The molecule has 0 radical (unpaired) electrons. The van der Waals surface area contributed by atoms with Gasteiger partial charge >= 0.3 is 0 Å². The molecular weight excluding hydrogens is 493 g/mol. The van der Waals surface area contributed by atoms with Gasteiger partial charge in [-0.1, -0.05) is 18.2 Å². The number of rotatable bonds is 8. The molecule has 0 aliphatic carbocycles. The highest BCUT2D eigenvalue weighted by Gasteiger charge is 2.05. The molecule has 3 rings (SSSR count). The third-order valence-corrected chi connectivity index (χ3v) is 4.52. The molecular formula is C22H28IN5O2. The molecule has 2 aromatic carbocycles. The van der Waals surface area contributed by atoms with E-state index in [-0.39, 0.29) is 24.0 Å². The predicted molar refractivity (Wildman–Crippen MR) is 130 cm³/mol. The van der Waals surface area contributed by atoms with Crippen LogP contribution in [-0.4, -0.2) is 43.6 Å². The topological polar surface area (TPSA) is 72.7 Å². The number of ether oxygens (including phenoxy) is 2. The minimum absolute atomic E-state index is 0. The number of guanidine groups is 1. The van der Waals surface area contributed by atoms with Gasteiger partial charge in [0.1, 0.15) is 11.5 Å². The number of halogens is 1. The zero-order chi connectivity index (χ0) is 20.5. The van der Waals surface area contributed by atoms with Gasteiger partial charge in [-0.25, -0.2) is 4.68 Å². The van der Waals surface area contributed by atoms with Crippen molar-refractivity contribution < 1.29 is 9.47 Å². The van der Waals surface area contributed by atoms with Crippen molar-refractivity contribution in [2.45, 2.75) is 13.0 Å². The van der Waals surface area contributed by atoms with E-state index < -0.39 is 0 Å². The summed E-state index contributed by atoms with van der Waals surface area (Å²) in [6.07, 6.45) is 2.79. The van der Waals surface area contributed by atoms with Crippen LogP contribution in [0.15, 0.2) is 65.8 Å². The standard InChI is InChI=1S/C22H27N5O2.HI/c1-23-22(24-14-12-17-6-4-5-7-21(17)29-3)25-16-18-13-15-27(26-18)19-8-10-20(28-2)11-9-19;/h4-11,13,15H,12,14,16H2,1-3H3,(H2,23,24,25);1H. The molecule has 0 bridgehead atoms. The van der Waals surface area contributed by atoms with Gasteiger partial charge < -0.3 is 20.1 Å². The minimum Gasteiger partial charge on any atom is -0.497 e.